The average molecular weight is 427 g/mol. The van der Waals surface area contributed by atoms with Crippen LogP contribution in [0.25, 0.3) is 0 Å². The molecule has 9 nitrogen and oxygen atoms in total. The number of aryl methyl sites for hydroxylation is 2. The van der Waals surface area contributed by atoms with E-state index < -0.39 is 23.7 Å². The number of nitro groups is 1. The highest BCUT2D eigenvalue weighted by molar-refractivity contribution is 9.10. The zero-order chi connectivity index (χ0) is 19.3. The lowest BCUT2D eigenvalue weighted by atomic mass is 10.0. The minimum atomic E-state index is -1.19. The molecule has 2 unspecified atom stereocenters. The number of aliphatic hydroxyl groups is 2. The van der Waals surface area contributed by atoms with Crippen LogP contribution in [-0.4, -0.2) is 43.5 Å². The van der Waals surface area contributed by atoms with E-state index in [-0.39, 0.29) is 18.0 Å². The Bertz CT molecular complexity index is 758. The van der Waals surface area contributed by atoms with Gasteiger partial charge in [0.25, 0.3) is 5.69 Å². The van der Waals surface area contributed by atoms with Crippen molar-refractivity contribution in [2.45, 2.75) is 32.0 Å². The number of carbonyl (C=O) groups is 1. The van der Waals surface area contributed by atoms with E-state index in [1.54, 1.807) is 10.9 Å². The summed E-state index contributed by atoms with van der Waals surface area (Å²) in [7, 11) is 0. The summed E-state index contributed by atoms with van der Waals surface area (Å²) in [4.78, 5) is 22.2. The Morgan fingerprint density at radius 3 is 2.58 bits per heavy atom. The van der Waals surface area contributed by atoms with Gasteiger partial charge in [0.05, 0.1) is 27.7 Å². The normalized spacial score (nSPS) is 13.2. The number of rotatable bonds is 8. The van der Waals surface area contributed by atoms with Crippen molar-refractivity contribution in [3.05, 3.63) is 56.3 Å². The molecule has 3 N–H and O–H groups in total. The Morgan fingerprint density at radius 2 is 2.08 bits per heavy atom. The molecule has 0 fully saturated rings. The topological polar surface area (TPSA) is 131 Å². The summed E-state index contributed by atoms with van der Waals surface area (Å²) in [6.07, 6.45) is 0.695. The minimum Gasteiger partial charge on any atom is -0.394 e. The molecule has 10 heteroatoms. The van der Waals surface area contributed by atoms with Crippen molar-refractivity contribution in [3.63, 3.8) is 0 Å². The number of nitro benzene ring substituents is 1. The van der Waals surface area contributed by atoms with Crippen LogP contribution in [0.5, 0.6) is 0 Å². The molecule has 2 rings (SSSR count). The van der Waals surface area contributed by atoms with E-state index in [4.69, 9.17) is 0 Å². The Kier molecular flexibility index (Phi) is 6.83. The van der Waals surface area contributed by atoms with Crippen LogP contribution >= 0.6 is 15.9 Å². The fourth-order valence-corrected chi connectivity index (χ4v) is 2.67. The van der Waals surface area contributed by atoms with Crippen molar-refractivity contribution in [3.8, 4) is 0 Å². The minimum absolute atomic E-state index is 0.105. The largest absolute Gasteiger partial charge is 0.394 e. The van der Waals surface area contributed by atoms with Gasteiger partial charge < -0.3 is 15.5 Å². The molecule has 1 heterocycles. The molecule has 0 saturated heterocycles. The van der Waals surface area contributed by atoms with E-state index in [1.165, 1.54) is 24.3 Å². The molecule has 1 aromatic heterocycles. The molecule has 26 heavy (non-hydrogen) atoms. The molecule has 0 aliphatic heterocycles. The number of non-ortho nitro benzene ring substituents is 1. The van der Waals surface area contributed by atoms with Crippen LogP contribution in [0.2, 0.25) is 0 Å². The number of halogens is 1. The molecule has 1 amide bonds. The van der Waals surface area contributed by atoms with Gasteiger partial charge >= 0.3 is 0 Å². The Hall–Kier alpha value is -2.30. The van der Waals surface area contributed by atoms with Crippen molar-refractivity contribution in [1.82, 2.24) is 15.1 Å². The maximum atomic E-state index is 12.1. The van der Waals surface area contributed by atoms with Gasteiger partial charge in [-0.3, -0.25) is 19.6 Å². The first-order chi connectivity index (χ1) is 12.3. The average Bonchev–Trinajstić information content (AvgIpc) is 2.95. The lowest BCUT2D eigenvalue weighted by Gasteiger charge is -2.22. The predicted molar refractivity (Wildman–Crippen MR) is 96.4 cm³/mol. The first-order valence-electron chi connectivity index (χ1n) is 7.84. The van der Waals surface area contributed by atoms with Crippen LogP contribution in [-0.2, 0) is 11.3 Å². The fourth-order valence-electron chi connectivity index (χ4n) is 2.35. The highest BCUT2D eigenvalue weighted by Gasteiger charge is 2.22. The van der Waals surface area contributed by atoms with Gasteiger partial charge in [-0.05, 0) is 40.5 Å². The third-order valence-electron chi connectivity index (χ3n) is 3.82. The zero-order valence-corrected chi connectivity index (χ0v) is 15.6. The van der Waals surface area contributed by atoms with Crippen molar-refractivity contribution in [1.29, 1.82) is 0 Å². The number of nitrogens with zero attached hydrogens (tertiary/aromatic N) is 3. The number of nitrogens with one attached hydrogen (secondary N) is 1. The molecule has 1 aromatic carbocycles. The van der Waals surface area contributed by atoms with E-state index in [9.17, 15) is 25.1 Å². The van der Waals surface area contributed by atoms with Crippen molar-refractivity contribution in [2.24, 2.45) is 0 Å². The number of carbonyl (C=O) groups excluding carboxylic acids is 1. The number of hydrogen-bond donors (Lipinski definition) is 3. The van der Waals surface area contributed by atoms with Crippen LogP contribution in [0.4, 0.5) is 5.69 Å². The van der Waals surface area contributed by atoms with Crippen molar-refractivity contribution < 1.29 is 19.9 Å². The number of aliphatic hydroxyl groups excluding tert-OH is 2. The summed E-state index contributed by atoms with van der Waals surface area (Å²) in [5, 5.41) is 37.2. The van der Waals surface area contributed by atoms with Gasteiger partial charge in [-0.1, -0.05) is 0 Å². The SMILES string of the molecule is Cc1nn(CCC(=O)NC(CO)C(O)c2ccc([N+](=O)[O-])cc2)cc1Br. The van der Waals surface area contributed by atoms with E-state index in [2.05, 4.69) is 26.3 Å². The first kappa shape index (κ1) is 20.0. The predicted octanol–water partition coefficient (Wildman–Crippen LogP) is 1.46. The molecule has 140 valence electrons. The first-order valence-corrected chi connectivity index (χ1v) is 8.63. The molecule has 0 saturated carbocycles. The second kappa shape index (κ2) is 8.88. The van der Waals surface area contributed by atoms with Gasteiger partial charge in [-0.25, -0.2) is 0 Å². The molecule has 0 bridgehead atoms. The smallest absolute Gasteiger partial charge is 0.269 e. The highest BCUT2D eigenvalue weighted by atomic mass is 79.9. The van der Waals surface area contributed by atoms with Gasteiger partial charge in [0, 0.05) is 31.3 Å². The zero-order valence-electron chi connectivity index (χ0n) is 14.0. The number of benzene rings is 1. The second-order valence-corrected chi connectivity index (χ2v) is 6.58. The summed E-state index contributed by atoms with van der Waals surface area (Å²) < 4.78 is 2.47. The van der Waals surface area contributed by atoms with E-state index in [0.717, 1.165) is 10.2 Å². The third-order valence-corrected chi connectivity index (χ3v) is 4.60. The third kappa shape index (κ3) is 5.10. The van der Waals surface area contributed by atoms with Crippen molar-refractivity contribution in [2.75, 3.05) is 6.61 Å². The number of amides is 1. The Balaban J connectivity index is 1.94. The molecule has 2 atom stereocenters. The monoisotopic (exact) mass is 426 g/mol. The lowest BCUT2D eigenvalue weighted by Crippen LogP contribution is -2.42. The molecule has 0 radical (unpaired) electrons. The van der Waals surface area contributed by atoms with Crippen LogP contribution in [0, 0.1) is 17.0 Å². The van der Waals surface area contributed by atoms with Gasteiger partial charge in [0.1, 0.15) is 6.10 Å². The summed E-state index contributed by atoms with van der Waals surface area (Å²) in [6.45, 7) is 1.71. The standard InChI is InChI=1S/C16H19BrN4O5/c1-10-13(17)8-20(19-10)7-6-15(23)18-14(9-22)16(24)11-2-4-12(5-3-11)21(25)26/h2-5,8,14,16,22,24H,6-7,9H2,1H3,(H,18,23). The van der Waals surface area contributed by atoms with E-state index in [0.29, 0.717) is 12.1 Å². The lowest BCUT2D eigenvalue weighted by molar-refractivity contribution is -0.384. The maximum Gasteiger partial charge on any atom is 0.269 e. The second-order valence-electron chi connectivity index (χ2n) is 5.73. The molecule has 0 spiro atoms. The number of aromatic nitrogens is 2. The molecular formula is C16H19BrN4O5. The van der Waals surface area contributed by atoms with E-state index in [1.807, 2.05) is 6.92 Å². The van der Waals surface area contributed by atoms with Crippen LogP contribution in [0.1, 0.15) is 23.8 Å². The summed E-state index contributed by atoms with van der Waals surface area (Å²) in [6, 6.07) is 4.37. The van der Waals surface area contributed by atoms with Gasteiger partial charge in [0.15, 0.2) is 0 Å². The Morgan fingerprint density at radius 1 is 1.42 bits per heavy atom. The van der Waals surface area contributed by atoms with Crippen LogP contribution in [0.3, 0.4) is 0 Å². The van der Waals surface area contributed by atoms with Crippen LogP contribution < -0.4 is 5.32 Å². The molecule has 2 aromatic rings. The van der Waals surface area contributed by atoms with Gasteiger partial charge in [-0.15, -0.1) is 0 Å². The number of hydrogen-bond acceptors (Lipinski definition) is 6. The molecular weight excluding hydrogens is 408 g/mol. The Labute approximate surface area is 157 Å². The van der Waals surface area contributed by atoms with Crippen LogP contribution in [0.15, 0.2) is 34.9 Å². The molecule has 0 aliphatic rings. The molecule has 0 aliphatic carbocycles. The summed E-state index contributed by atoms with van der Waals surface area (Å²) >= 11 is 3.34. The quantitative estimate of drug-likeness (QED) is 0.432. The van der Waals surface area contributed by atoms with Gasteiger partial charge in [-0.2, -0.15) is 5.10 Å². The summed E-state index contributed by atoms with van der Waals surface area (Å²) in [5.41, 5.74) is 1.07. The van der Waals surface area contributed by atoms with Gasteiger partial charge in [0.2, 0.25) is 5.91 Å². The highest BCUT2D eigenvalue weighted by Crippen LogP contribution is 2.20. The van der Waals surface area contributed by atoms with E-state index >= 15 is 0 Å². The van der Waals surface area contributed by atoms with Crippen molar-refractivity contribution >= 4 is 27.5 Å². The fraction of sp³-hybridized carbons (Fsp3) is 0.375. The maximum absolute atomic E-state index is 12.1. The summed E-state index contributed by atoms with van der Waals surface area (Å²) in [5.74, 6) is -0.353.